The maximum Gasteiger partial charge on any atom is 0.252 e. The first-order valence-electron chi connectivity index (χ1n) is 6.54. The minimum atomic E-state index is -2.93. The monoisotopic (exact) mass is 327 g/mol. The summed E-state index contributed by atoms with van der Waals surface area (Å²) in [6, 6.07) is 8.69. The van der Waals surface area contributed by atoms with Gasteiger partial charge >= 0.3 is 0 Å². The number of hydrogen-bond donors (Lipinski definition) is 3. The Morgan fingerprint density at radius 3 is 2.57 bits per heavy atom. The number of hydrogen-bond acceptors (Lipinski definition) is 4. The van der Waals surface area contributed by atoms with E-state index >= 15 is 0 Å². The van der Waals surface area contributed by atoms with Crippen LogP contribution in [0.4, 0.5) is 0 Å². The lowest BCUT2D eigenvalue weighted by Crippen LogP contribution is -2.46. The molecule has 0 aliphatic carbocycles. The molecule has 1 atom stereocenters. The van der Waals surface area contributed by atoms with Crippen molar-refractivity contribution in [2.75, 3.05) is 18.2 Å². The topological polar surface area (TPSA) is 87.3 Å². The molecule has 1 heterocycles. The lowest BCUT2D eigenvalue weighted by molar-refractivity contribution is 0.0953. The maximum absolute atomic E-state index is 11.8. The molecule has 0 bridgehead atoms. The SMILES string of the molecule is O=C(NCNC(=S)N[C@H]1CCS(=O)(=O)C1)c1ccccc1. The number of benzene rings is 1. The van der Waals surface area contributed by atoms with Crippen molar-refractivity contribution in [1.82, 2.24) is 16.0 Å². The second-order valence-corrected chi connectivity index (χ2v) is 7.44. The Morgan fingerprint density at radius 2 is 1.95 bits per heavy atom. The molecule has 0 unspecified atom stereocenters. The van der Waals surface area contributed by atoms with Crippen LogP contribution in [0.15, 0.2) is 30.3 Å². The van der Waals surface area contributed by atoms with Gasteiger partial charge in [0.1, 0.15) is 0 Å². The third-order valence-corrected chi connectivity index (χ3v) is 5.13. The summed E-state index contributed by atoms with van der Waals surface area (Å²) in [6.45, 7) is 0.180. The van der Waals surface area contributed by atoms with E-state index in [1.54, 1.807) is 24.3 Å². The Hall–Kier alpha value is -1.67. The summed E-state index contributed by atoms with van der Waals surface area (Å²) in [4.78, 5) is 11.8. The lowest BCUT2D eigenvalue weighted by Gasteiger charge is -2.15. The van der Waals surface area contributed by atoms with Crippen molar-refractivity contribution in [2.45, 2.75) is 12.5 Å². The van der Waals surface area contributed by atoms with Gasteiger partial charge in [0.05, 0.1) is 18.2 Å². The zero-order chi connectivity index (χ0) is 15.3. The van der Waals surface area contributed by atoms with E-state index in [0.717, 1.165) is 0 Å². The second kappa shape index (κ2) is 6.86. The van der Waals surface area contributed by atoms with Crippen LogP contribution in [0, 0.1) is 0 Å². The minimum Gasteiger partial charge on any atom is -0.359 e. The Balaban J connectivity index is 1.69. The van der Waals surface area contributed by atoms with Gasteiger partial charge in [-0.2, -0.15) is 0 Å². The number of carbonyl (C=O) groups is 1. The molecule has 6 nitrogen and oxygen atoms in total. The second-order valence-electron chi connectivity index (χ2n) is 4.80. The normalized spacial score (nSPS) is 19.7. The molecular weight excluding hydrogens is 310 g/mol. The summed E-state index contributed by atoms with van der Waals surface area (Å²) in [5.74, 6) is 0.0952. The first kappa shape index (κ1) is 15.7. The van der Waals surface area contributed by atoms with E-state index in [1.165, 1.54) is 0 Å². The average molecular weight is 327 g/mol. The summed E-state index contributed by atoms with van der Waals surface area (Å²) in [7, 11) is -2.93. The Kier molecular flexibility index (Phi) is 5.13. The standard InChI is InChI=1S/C13H17N3O3S2/c17-12(10-4-2-1-3-5-10)14-9-15-13(20)16-11-6-7-21(18,19)8-11/h1-5,11H,6-9H2,(H,14,17)(H2,15,16,20)/t11-/m0/s1. The number of rotatable bonds is 4. The molecule has 0 spiro atoms. The van der Waals surface area contributed by atoms with Crippen LogP contribution in [0.3, 0.4) is 0 Å². The van der Waals surface area contributed by atoms with Crippen molar-refractivity contribution in [1.29, 1.82) is 0 Å². The molecule has 8 heteroatoms. The Labute approximate surface area is 129 Å². The summed E-state index contributed by atoms with van der Waals surface area (Å²) in [5, 5.41) is 8.78. The van der Waals surface area contributed by atoms with Gasteiger partial charge < -0.3 is 16.0 Å². The van der Waals surface area contributed by atoms with Gasteiger partial charge in [-0.05, 0) is 30.8 Å². The van der Waals surface area contributed by atoms with Gasteiger partial charge in [-0.25, -0.2) is 8.42 Å². The molecule has 1 aliphatic rings. The molecule has 2 rings (SSSR count). The third-order valence-electron chi connectivity index (χ3n) is 3.10. The molecule has 21 heavy (non-hydrogen) atoms. The fraction of sp³-hybridized carbons (Fsp3) is 0.385. The molecule has 0 aromatic heterocycles. The van der Waals surface area contributed by atoms with E-state index in [9.17, 15) is 13.2 Å². The van der Waals surface area contributed by atoms with Crippen LogP contribution in [0.2, 0.25) is 0 Å². The summed E-state index contributed by atoms with van der Waals surface area (Å²) in [5.41, 5.74) is 0.570. The highest BCUT2D eigenvalue weighted by molar-refractivity contribution is 7.91. The molecule has 1 aromatic rings. The molecule has 3 N–H and O–H groups in total. The van der Waals surface area contributed by atoms with Crippen LogP contribution in [-0.4, -0.2) is 43.7 Å². The molecule has 1 saturated heterocycles. The fourth-order valence-corrected chi connectivity index (χ4v) is 3.95. The summed E-state index contributed by atoms with van der Waals surface area (Å²) in [6.07, 6.45) is 0.556. The van der Waals surface area contributed by atoms with Crippen LogP contribution >= 0.6 is 12.2 Å². The number of sulfone groups is 1. The Morgan fingerprint density at radius 1 is 1.24 bits per heavy atom. The van der Waals surface area contributed by atoms with Crippen molar-refractivity contribution in [3.05, 3.63) is 35.9 Å². The van der Waals surface area contributed by atoms with E-state index in [-0.39, 0.29) is 30.1 Å². The van der Waals surface area contributed by atoms with Crippen molar-refractivity contribution < 1.29 is 13.2 Å². The van der Waals surface area contributed by atoms with E-state index in [4.69, 9.17) is 12.2 Å². The fourth-order valence-electron chi connectivity index (χ4n) is 2.04. The summed E-state index contributed by atoms with van der Waals surface area (Å²) >= 11 is 5.07. The lowest BCUT2D eigenvalue weighted by atomic mass is 10.2. The predicted octanol–water partition coefficient (Wildman–Crippen LogP) is 0.0251. The van der Waals surface area contributed by atoms with Crippen molar-refractivity contribution in [2.24, 2.45) is 0 Å². The van der Waals surface area contributed by atoms with E-state index in [0.29, 0.717) is 17.1 Å². The van der Waals surface area contributed by atoms with Gasteiger partial charge in [-0.15, -0.1) is 0 Å². The molecule has 1 amide bonds. The average Bonchev–Trinajstić information content (AvgIpc) is 2.78. The van der Waals surface area contributed by atoms with Crippen LogP contribution in [0.1, 0.15) is 16.8 Å². The molecule has 1 fully saturated rings. The molecular formula is C13H17N3O3S2. The van der Waals surface area contributed by atoms with E-state index < -0.39 is 9.84 Å². The van der Waals surface area contributed by atoms with E-state index in [2.05, 4.69) is 16.0 Å². The number of thiocarbonyl (C=S) groups is 1. The smallest absolute Gasteiger partial charge is 0.252 e. The van der Waals surface area contributed by atoms with Crippen LogP contribution in [0.5, 0.6) is 0 Å². The molecule has 0 saturated carbocycles. The van der Waals surface area contributed by atoms with Crippen molar-refractivity contribution in [3.63, 3.8) is 0 Å². The highest BCUT2D eigenvalue weighted by Gasteiger charge is 2.28. The number of nitrogens with one attached hydrogen (secondary N) is 3. The molecule has 0 radical (unpaired) electrons. The quantitative estimate of drug-likeness (QED) is 0.534. The first-order valence-corrected chi connectivity index (χ1v) is 8.77. The molecule has 1 aromatic carbocycles. The zero-order valence-electron chi connectivity index (χ0n) is 11.3. The summed E-state index contributed by atoms with van der Waals surface area (Å²) < 4.78 is 22.6. The molecule has 1 aliphatic heterocycles. The van der Waals surface area contributed by atoms with Crippen LogP contribution in [-0.2, 0) is 9.84 Å². The molecule has 114 valence electrons. The van der Waals surface area contributed by atoms with Crippen molar-refractivity contribution >= 4 is 33.1 Å². The predicted molar refractivity (Wildman–Crippen MR) is 84.7 cm³/mol. The van der Waals surface area contributed by atoms with Crippen LogP contribution in [0.25, 0.3) is 0 Å². The van der Waals surface area contributed by atoms with Gasteiger partial charge in [0, 0.05) is 11.6 Å². The van der Waals surface area contributed by atoms with Gasteiger partial charge in [-0.1, -0.05) is 18.2 Å². The van der Waals surface area contributed by atoms with E-state index in [1.807, 2.05) is 6.07 Å². The van der Waals surface area contributed by atoms with Crippen molar-refractivity contribution in [3.8, 4) is 0 Å². The van der Waals surface area contributed by atoms with Gasteiger partial charge in [0.15, 0.2) is 14.9 Å². The van der Waals surface area contributed by atoms with Crippen LogP contribution < -0.4 is 16.0 Å². The Bertz CT molecular complexity index is 617. The minimum absolute atomic E-state index is 0.102. The first-order chi connectivity index (χ1) is 9.96. The zero-order valence-corrected chi connectivity index (χ0v) is 13.0. The number of carbonyl (C=O) groups excluding carboxylic acids is 1. The number of amides is 1. The largest absolute Gasteiger partial charge is 0.359 e. The maximum atomic E-state index is 11.8. The highest BCUT2D eigenvalue weighted by atomic mass is 32.2. The van der Waals surface area contributed by atoms with Gasteiger partial charge in [-0.3, -0.25) is 4.79 Å². The van der Waals surface area contributed by atoms with Gasteiger partial charge in [0.2, 0.25) is 0 Å². The third kappa shape index (κ3) is 4.98. The van der Waals surface area contributed by atoms with Gasteiger partial charge in [0.25, 0.3) is 5.91 Å². The highest BCUT2D eigenvalue weighted by Crippen LogP contribution is 2.10.